The van der Waals surface area contributed by atoms with Gasteiger partial charge in [-0.3, -0.25) is 4.79 Å². The molecule has 2 N–H and O–H groups in total. The van der Waals surface area contributed by atoms with Crippen molar-refractivity contribution in [2.45, 2.75) is 26.4 Å². The molecule has 90 valence electrons. The number of nitrogens with two attached hydrogens (primary N) is 1. The molecule has 2 fully saturated rings. The number of carbonyl (C=O) groups is 2. The largest absolute Gasteiger partial charge is 0.444 e. The number of likely N-dealkylation sites (tertiary alicyclic amines) is 1. The minimum atomic E-state index is -0.465. The van der Waals surface area contributed by atoms with Crippen LogP contribution in [0.2, 0.25) is 0 Å². The van der Waals surface area contributed by atoms with E-state index in [1.807, 2.05) is 20.8 Å². The van der Waals surface area contributed by atoms with E-state index in [0.29, 0.717) is 13.1 Å². The molecule has 2 aliphatic rings. The third-order valence-electron chi connectivity index (χ3n) is 3.17. The zero-order valence-electron chi connectivity index (χ0n) is 9.90. The molecular formula is C11H18N2O3. The molecule has 1 aliphatic carbocycles. The van der Waals surface area contributed by atoms with Crippen molar-refractivity contribution in [3.05, 3.63) is 0 Å². The third kappa shape index (κ3) is 1.99. The average Bonchev–Trinajstić information content (AvgIpc) is 2.60. The monoisotopic (exact) mass is 226 g/mol. The lowest BCUT2D eigenvalue weighted by atomic mass is 10.2. The Bertz CT molecular complexity index is 323. The average molecular weight is 226 g/mol. The Morgan fingerprint density at radius 3 is 2.12 bits per heavy atom. The number of hydrogen-bond donors (Lipinski definition) is 1. The Kier molecular flexibility index (Phi) is 2.36. The van der Waals surface area contributed by atoms with E-state index in [0.717, 1.165) is 0 Å². The van der Waals surface area contributed by atoms with Gasteiger partial charge < -0.3 is 15.4 Å². The molecule has 0 radical (unpaired) electrons. The van der Waals surface area contributed by atoms with Crippen LogP contribution in [0.5, 0.6) is 0 Å². The van der Waals surface area contributed by atoms with Gasteiger partial charge in [0.15, 0.2) is 0 Å². The van der Waals surface area contributed by atoms with Crippen LogP contribution in [-0.2, 0) is 9.53 Å². The molecule has 1 aliphatic heterocycles. The minimum Gasteiger partial charge on any atom is -0.444 e. The summed E-state index contributed by atoms with van der Waals surface area (Å²) in [6, 6.07) is 0. The summed E-state index contributed by atoms with van der Waals surface area (Å²) in [6.07, 6.45) is -0.289. The highest BCUT2D eigenvalue weighted by Gasteiger charge is 2.59. The number of hydrogen-bond acceptors (Lipinski definition) is 3. The van der Waals surface area contributed by atoms with Gasteiger partial charge in [0.25, 0.3) is 0 Å². The van der Waals surface area contributed by atoms with Crippen LogP contribution in [0.15, 0.2) is 0 Å². The van der Waals surface area contributed by atoms with E-state index in [-0.39, 0.29) is 29.8 Å². The third-order valence-corrected chi connectivity index (χ3v) is 3.17. The molecule has 2 rings (SSSR count). The van der Waals surface area contributed by atoms with E-state index in [1.54, 1.807) is 4.90 Å². The molecule has 0 bridgehead atoms. The van der Waals surface area contributed by atoms with Crippen molar-refractivity contribution in [1.29, 1.82) is 0 Å². The predicted molar refractivity (Wildman–Crippen MR) is 57.5 cm³/mol. The molecule has 1 saturated carbocycles. The van der Waals surface area contributed by atoms with Crippen LogP contribution >= 0.6 is 0 Å². The van der Waals surface area contributed by atoms with Crippen LogP contribution in [0.1, 0.15) is 20.8 Å². The Balaban J connectivity index is 1.85. The number of nitrogens with zero attached hydrogens (tertiary/aromatic N) is 1. The first-order valence-corrected chi connectivity index (χ1v) is 5.57. The van der Waals surface area contributed by atoms with Crippen LogP contribution in [0.4, 0.5) is 4.79 Å². The molecule has 0 spiro atoms. The lowest BCUT2D eigenvalue weighted by Crippen LogP contribution is -2.38. The highest BCUT2D eigenvalue weighted by molar-refractivity contribution is 5.81. The highest BCUT2D eigenvalue weighted by atomic mass is 16.6. The second-order valence-corrected chi connectivity index (χ2v) is 5.64. The van der Waals surface area contributed by atoms with Crippen molar-refractivity contribution in [2.24, 2.45) is 23.5 Å². The van der Waals surface area contributed by atoms with Crippen LogP contribution in [0.25, 0.3) is 0 Å². The molecule has 3 atom stereocenters. The van der Waals surface area contributed by atoms with E-state index in [4.69, 9.17) is 10.5 Å². The summed E-state index contributed by atoms with van der Waals surface area (Å²) < 4.78 is 5.26. The summed E-state index contributed by atoms with van der Waals surface area (Å²) in [4.78, 5) is 24.3. The topological polar surface area (TPSA) is 72.6 Å². The number of primary amides is 1. The minimum absolute atomic E-state index is 0.0151. The van der Waals surface area contributed by atoms with Crippen LogP contribution < -0.4 is 5.73 Å². The second kappa shape index (κ2) is 3.37. The standard InChI is InChI=1S/C11H18N2O3/c1-11(2,3)16-10(15)13-4-6-7(5-13)8(6)9(12)14/h6-8H,4-5H2,1-3H3,(H2,12,14)/t6-,7+,8?. The first-order chi connectivity index (χ1) is 7.29. The summed E-state index contributed by atoms with van der Waals surface area (Å²) in [5.74, 6) is 0.285. The van der Waals surface area contributed by atoms with Gasteiger partial charge in [0.05, 0.1) is 0 Å². The fourth-order valence-electron chi connectivity index (χ4n) is 2.42. The molecule has 5 heteroatoms. The van der Waals surface area contributed by atoms with Crippen molar-refractivity contribution >= 4 is 12.0 Å². The predicted octanol–water partition coefficient (Wildman–Crippen LogP) is 0.585. The van der Waals surface area contributed by atoms with E-state index < -0.39 is 5.60 Å². The number of ether oxygens (including phenoxy) is 1. The van der Waals surface area contributed by atoms with Crippen LogP contribution in [0, 0.1) is 17.8 Å². The quantitative estimate of drug-likeness (QED) is 0.711. The smallest absolute Gasteiger partial charge is 0.410 e. The van der Waals surface area contributed by atoms with E-state index in [1.165, 1.54) is 0 Å². The van der Waals surface area contributed by atoms with Gasteiger partial charge in [-0.15, -0.1) is 0 Å². The van der Waals surface area contributed by atoms with Gasteiger partial charge in [-0.2, -0.15) is 0 Å². The molecule has 16 heavy (non-hydrogen) atoms. The number of piperidine rings is 1. The van der Waals surface area contributed by atoms with Crippen molar-refractivity contribution < 1.29 is 14.3 Å². The molecule has 1 heterocycles. The zero-order chi connectivity index (χ0) is 12.1. The fraction of sp³-hybridized carbons (Fsp3) is 0.818. The lowest BCUT2D eigenvalue weighted by molar-refractivity contribution is -0.120. The van der Waals surface area contributed by atoms with Crippen molar-refractivity contribution in [2.75, 3.05) is 13.1 Å². The summed E-state index contributed by atoms with van der Waals surface area (Å²) in [5.41, 5.74) is 4.77. The lowest BCUT2D eigenvalue weighted by Gasteiger charge is -2.25. The second-order valence-electron chi connectivity index (χ2n) is 5.64. The maximum absolute atomic E-state index is 11.7. The van der Waals surface area contributed by atoms with Gasteiger partial charge >= 0.3 is 6.09 Å². The molecule has 1 unspecified atom stereocenters. The van der Waals surface area contributed by atoms with Gasteiger partial charge in [0.2, 0.25) is 5.91 Å². The Morgan fingerprint density at radius 2 is 1.75 bits per heavy atom. The van der Waals surface area contributed by atoms with Gasteiger partial charge in [-0.25, -0.2) is 4.79 Å². The molecule has 0 aromatic rings. The molecular weight excluding hydrogens is 208 g/mol. The van der Waals surface area contributed by atoms with E-state index in [2.05, 4.69) is 0 Å². The van der Waals surface area contributed by atoms with Gasteiger partial charge in [-0.1, -0.05) is 0 Å². The first kappa shape index (κ1) is 11.2. The summed E-state index contributed by atoms with van der Waals surface area (Å²) in [5, 5.41) is 0. The maximum atomic E-state index is 11.7. The van der Waals surface area contributed by atoms with Gasteiger partial charge in [-0.05, 0) is 32.6 Å². The normalized spacial score (nSPS) is 32.2. The van der Waals surface area contributed by atoms with Crippen LogP contribution in [0.3, 0.4) is 0 Å². The Labute approximate surface area is 94.9 Å². The molecule has 0 aromatic carbocycles. The highest BCUT2D eigenvalue weighted by Crippen LogP contribution is 2.51. The zero-order valence-corrected chi connectivity index (χ0v) is 9.90. The van der Waals surface area contributed by atoms with Crippen molar-refractivity contribution in [3.63, 3.8) is 0 Å². The first-order valence-electron chi connectivity index (χ1n) is 5.57. The molecule has 2 amide bonds. The SMILES string of the molecule is CC(C)(C)OC(=O)N1C[C@@H]2C(C(N)=O)[C@@H]2C1. The van der Waals surface area contributed by atoms with Crippen molar-refractivity contribution in [1.82, 2.24) is 4.90 Å². The van der Waals surface area contributed by atoms with Gasteiger partial charge in [0.1, 0.15) is 5.60 Å². The van der Waals surface area contributed by atoms with E-state index >= 15 is 0 Å². The Hall–Kier alpha value is -1.26. The number of rotatable bonds is 1. The summed E-state index contributed by atoms with van der Waals surface area (Å²) >= 11 is 0. The maximum Gasteiger partial charge on any atom is 0.410 e. The van der Waals surface area contributed by atoms with Gasteiger partial charge in [0, 0.05) is 19.0 Å². The molecule has 0 aromatic heterocycles. The Morgan fingerprint density at radius 1 is 1.25 bits per heavy atom. The number of amides is 2. The fourth-order valence-corrected chi connectivity index (χ4v) is 2.42. The van der Waals surface area contributed by atoms with Crippen LogP contribution in [-0.4, -0.2) is 35.6 Å². The molecule has 5 nitrogen and oxygen atoms in total. The number of carbonyl (C=O) groups excluding carboxylic acids is 2. The number of fused-ring (bicyclic) bond motifs is 1. The summed E-state index contributed by atoms with van der Waals surface area (Å²) in [7, 11) is 0. The summed E-state index contributed by atoms with van der Waals surface area (Å²) in [6.45, 7) is 6.73. The van der Waals surface area contributed by atoms with E-state index in [9.17, 15) is 9.59 Å². The molecule has 1 saturated heterocycles. The van der Waals surface area contributed by atoms with Crippen molar-refractivity contribution in [3.8, 4) is 0 Å².